The first-order chi connectivity index (χ1) is 11.0. The van der Waals surface area contributed by atoms with E-state index in [0.717, 1.165) is 10.9 Å². The zero-order valence-corrected chi connectivity index (χ0v) is 13.8. The van der Waals surface area contributed by atoms with Crippen LogP contribution in [0.2, 0.25) is 5.02 Å². The maximum absolute atomic E-state index is 12.5. The van der Waals surface area contributed by atoms with Gasteiger partial charge in [-0.2, -0.15) is 0 Å². The van der Waals surface area contributed by atoms with Crippen LogP contribution in [0.3, 0.4) is 0 Å². The smallest absolute Gasteiger partial charge is 0.287 e. The number of hydrogen-bond acceptors (Lipinski definition) is 2. The van der Waals surface area contributed by atoms with Gasteiger partial charge < -0.3 is 9.73 Å². The lowest BCUT2D eigenvalue weighted by molar-refractivity contribution is 0.0899. The first kappa shape index (κ1) is 15.6. The predicted octanol–water partition coefficient (Wildman–Crippen LogP) is 5.21. The third-order valence-corrected chi connectivity index (χ3v) is 4.08. The largest absolute Gasteiger partial charge is 0.451 e. The molecular formula is C19H18ClNO2. The minimum Gasteiger partial charge on any atom is -0.451 e. The molecule has 1 amide bonds. The van der Waals surface area contributed by atoms with Gasteiger partial charge in [-0.3, -0.25) is 4.79 Å². The Morgan fingerprint density at radius 2 is 1.78 bits per heavy atom. The summed E-state index contributed by atoms with van der Waals surface area (Å²) in [5.74, 6) is 0.352. The van der Waals surface area contributed by atoms with Crippen LogP contribution in [0, 0.1) is 5.92 Å². The Bertz CT molecular complexity index is 788. The molecule has 1 aromatic heterocycles. The maximum Gasteiger partial charge on any atom is 0.287 e. The fourth-order valence-corrected chi connectivity index (χ4v) is 2.74. The van der Waals surface area contributed by atoms with Crippen molar-refractivity contribution in [1.82, 2.24) is 5.32 Å². The summed E-state index contributed by atoms with van der Waals surface area (Å²) < 4.78 is 5.63. The number of para-hydroxylation sites is 1. The van der Waals surface area contributed by atoms with Gasteiger partial charge in [0.25, 0.3) is 5.91 Å². The quantitative estimate of drug-likeness (QED) is 0.714. The number of carbonyl (C=O) groups is 1. The Balaban J connectivity index is 1.84. The van der Waals surface area contributed by atoms with Crippen molar-refractivity contribution in [2.24, 2.45) is 5.92 Å². The van der Waals surface area contributed by atoms with Gasteiger partial charge in [-0.1, -0.05) is 55.8 Å². The van der Waals surface area contributed by atoms with Gasteiger partial charge in [-0.25, -0.2) is 0 Å². The molecule has 0 aliphatic rings. The van der Waals surface area contributed by atoms with Crippen LogP contribution in [-0.2, 0) is 0 Å². The van der Waals surface area contributed by atoms with Crippen LogP contribution in [0.1, 0.15) is 36.0 Å². The van der Waals surface area contributed by atoms with Gasteiger partial charge in [0.05, 0.1) is 6.04 Å². The lowest BCUT2D eigenvalue weighted by atomic mass is 9.96. The van der Waals surface area contributed by atoms with E-state index in [-0.39, 0.29) is 17.9 Å². The van der Waals surface area contributed by atoms with E-state index in [0.29, 0.717) is 16.4 Å². The zero-order chi connectivity index (χ0) is 16.4. The minimum absolute atomic E-state index is 0.104. The summed E-state index contributed by atoms with van der Waals surface area (Å²) in [5.41, 5.74) is 1.74. The topological polar surface area (TPSA) is 42.2 Å². The van der Waals surface area contributed by atoms with Gasteiger partial charge in [0.15, 0.2) is 5.76 Å². The number of carbonyl (C=O) groups excluding carboxylic acids is 1. The maximum atomic E-state index is 12.5. The fraction of sp³-hybridized carbons (Fsp3) is 0.211. The number of amides is 1. The van der Waals surface area contributed by atoms with E-state index in [4.69, 9.17) is 16.0 Å². The number of halogens is 1. The van der Waals surface area contributed by atoms with Crippen molar-refractivity contribution in [2.75, 3.05) is 0 Å². The summed E-state index contributed by atoms with van der Waals surface area (Å²) in [6.07, 6.45) is 0. The van der Waals surface area contributed by atoms with E-state index in [9.17, 15) is 4.79 Å². The van der Waals surface area contributed by atoms with Gasteiger partial charge in [0, 0.05) is 10.4 Å². The third kappa shape index (κ3) is 3.40. The first-order valence-electron chi connectivity index (χ1n) is 7.59. The van der Waals surface area contributed by atoms with Gasteiger partial charge in [-0.15, -0.1) is 0 Å². The fourth-order valence-electron chi connectivity index (χ4n) is 2.61. The number of hydrogen-bond donors (Lipinski definition) is 1. The van der Waals surface area contributed by atoms with E-state index in [1.165, 1.54) is 0 Å². The second kappa shape index (κ2) is 6.47. The predicted molar refractivity (Wildman–Crippen MR) is 92.7 cm³/mol. The first-order valence-corrected chi connectivity index (χ1v) is 7.97. The van der Waals surface area contributed by atoms with Gasteiger partial charge >= 0.3 is 0 Å². The molecule has 3 rings (SSSR count). The molecule has 2 aromatic carbocycles. The van der Waals surface area contributed by atoms with Crippen molar-refractivity contribution in [3.8, 4) is 0 Å². The molecular weight excluding hydrogens is 310 g/mol. The molecule has 1 atom stereocenters. The summed E-state index contributed by atoms with van der Waals surface area (Å²) in [7, 11) is 0. The molecule has 0 radical (unpaired) electrons. The van der Waals surface area contributed by atoms with Gasteiger partial charge in [-0.05, 0) is 35.7 Å². The molecule has 0 saturated carbocycles. The average Bonchev–Trinajstić information content (AvgIpc) is 2.97. The van der Waals surface area contributed by atoms with Crippen LogP contribution in [0.25, 0.3) is 11.0 Å². The number of furan rings is 1. The molecule has 1 heterocycles. The second-order valence-electron chi connectivity index (χ2n) is 5.90. The normalized spacial score (nSPS) is 12.5. The van der Waals surface area contributed by atoms with Crippen LogP contribution in [-0.4, -0.2) is 5.91 Å². The van der Waals surface area contributed by atoms with Gasteiger partial charge in [0.1, 0.15) is 5.58 Å². The Kier molecular flexibility index (Phi) is 4.39. The molecule has 0 aliphatic heterocycles. The van der Waals surface area contributed by atoms with Crippen LogP contribution in [0.4, 0.5) is 0 Å². The van der Waals surface area contributed by atoms with E-state index in [1.54, 1.807) is 6.07 Å². The third-order valence-electron chi connectivity index (χ3n) is 3.83. The highest BCUT2D eigenvalue weighted by Gasteiger charge is 2.21. The Morgan fingerprint density at radius 1 is 1.09 bits per heavy atom. The molecule has 0 bridgehead atoms. The molecule has 4 heteroatoms. The van der Waals surface area contributed by atoms with E-state index >= 15 is 0 Å². The summed E-state index contributed by atoms with van der Waals surface area (Å²) in [6.45, 7) is 4.14. The van der Waals surface area contributed by atoms with Crippen molar-refractivity contribution in [3.05, 3.63) is 70.9 Å². The minimum atomic E-state index is -0.213. The number of benzene rings is 2. The molecule has 1 unspecified atom stereocenters. The number of nitrogens with one attached hydrogen (secondary N) is 1. The average molecular weight is 328 g/mol. The van der Waals surface area contributed by atoms with E-state index in [1.807, 2.05) is 48.5 Å². The van der Waals surface area contributed by atoms with Crippen LogP contribution >= 0.6 is 11.6 Å². The highest BCUT2D eigenvalue weighted by molar-refractivity contribution is 6.30. The van der Waals surface area contributed by atoms with Crippen molar-refractivity contribution in [2.45, 2.75) is 19.9 Å². The molecule has 3 aromatic rings. The highest BCUT2D eigenvalue weighted by atomic mass is 35.5. The van der Waals surface area contributed by atoms with Crippen LogP contribution in [0.5, 0.6) is 0 Å². The Morgan fingerprint density at radius 3 is 2.43 bits per heavy atom. The highest BCUT2D eigenvalue weighted by Crippen LogP contribution is 2.25. The summed E-state index contributed by atoms with van der Waals surface area (Å²) in [4.78, 5) is 12.5. The second-order valence-corrected chi connectivity index (χ2v) is 6.33. The van der Waals surface area contributed by atoms with E-state index in [2.05, 4.69) is 19.2 Å². The molecule has 23 heavy (non-hydrogen) atoms. The molecule has 3 nitrogen and oxygen atoms in total. The number of fused-ring (bicyclic) bond motifs is 1. The van der Waals surface area contributed by atoms with Crippen molar-refractivity contribution >= 4 is 28.5 Å². The van der Waals surface area contributed by atoms with Crippen LogP contribution < -0.4 is 5.32 Å². The standard InChI is InChI=1S/C19H18ClNO2/c1-12(2)18(13-7-9-15(20)10-8-13)21-19(22)17-11-14-5-3-4-6-16(14)23-17/h3-12,18H,1-2H3,(H,21,22). The summed E-state index contributed by atoms with van der Waals surface area (Å²) >= 11 is 5.94. The zero-order valence-electron chi connectivity index (χ0n) is 13.0. The molecule has 1 N–H and O–H groups in total. The molecule has 118 valence electrons. The Hall–Kier alpha value is -2.26. The lowest BCUT2D eigenvalue weighted by Gasteiger charge is -2.22. The molecule has 0 saturated heterocycles. The number of rotatable bonds is 4. The van der Waals surface area contributed by atoms with Crippen molar-refractivity contribution in [3.63, 3.8) is 0 Å². The van der Waals surface area contributed by atoms with Crippen molar-refractivity contribution in [1.29, 1.82) is 0 Å². The van der Waals surface area contributed by atoms with E-state index < -0.39 is 0 Å². The van der Waals surface area contributed by atoms with Crippen molar-refractivity contribution < 1.29 is 9.21 Å². The lowest BCUT2D eigenvalue weighted by Crippen LogP contribution is -2.31. The monoisotopic (exact) mass is 327 g/mol. The van der Waals surface area contributed by atoms with Gasteiger partial charge in [0.2, 0.25) is 0 Å². The summed E-state index contributed by atoms with van der Waals surface area (Å²) in [5, 5.41) is 4.66. The van der Waals surface area contributed by atoms with Crippen LogP contribution in [0.15, 0.2) is 59.0 Å². The SMILES string of the molecule is CC(C)C(NC(=O)c1cc2ccccc2o1)c1ccc(Cl)cc1. The summed E-state index contributed by atoms with van der Waals surface area (Å²) in [6, 6.07) is 16.8. The molecule has 0 aliphatic carbocycles. The molecule has 0 fully saturated rings. The molecule has 0 spiro atoms. The Labute approximate surface area is 140 Å².